The predicted molar refractivity (Wildman–Crippen MR) is 167 cm³/mol. The first kappa shape index (κ1) is 32.3. The standard InChI is InChI=1S/C33H46N4O6/c1-4-5-16-43-27-20-26(21-36-14-12-24(13-15-36)19-32(39)40)37(22-27)31(38)18-25-10-11-29(30(17-25)42-3)35-33(41)34-28-9-7-6-8-23(28)2/h6-11,17,24,26-27H,4-5,12-16,18-22H2,1-3H3,(H,39,40)(H2,34,35,41)/t26-,27-/m0/s1. The van der Waals surface area contributed by atoms with Gasteiger partial charge in [-0.05, 0) is 80.9 Å². The van der Waals surface area contributed by atoms with Gasteiger partial charge in [-0.25, -0.2) is 4.79 Å². The second-order valence-corrected chi connectivity index (χ2v) is 11.7. The van der Waals surface area contributed by atoms with Gasteiger partial charge >= 0.3 is 12.0 Å². The number of amides is 3. The van der Waals surface area contributed by atoms with Gasteiger partial charge in [0.15, 0.2) is 0 Å². The zero-order valence-corrected chi connectivity index (χ0v) is 25.6. The van der Waals surface area contributed by atoms with Gasteiger partial charge in [-0.3, -0.25) is 9.59 Å². The molecule has 4 rings (SSSR count). The van der Waals surface area contributed by atoms with E-state index in [-0.39, 0.29) is 42.8 Å². The number of carboxylic acids is 1. The number of piperidine rings is 1. The summed E-state index contributed by atoms with van der Waals surface area (Å²) in [6, 6.07) is 12.6. The fourth-order valence-electron chi connectivity index (χ4n) is 6.00. The number of methoxy groups -OCH3 is 1. The second kappa shape index (κ2) is 15.7. The van der Waals surface area contributed by atoms with Crippen molar-refractivity contribution < 1.29 is 29.0 Å². The zero-order chi connectivity index (χ0) is 30.8. The molecule has 2 saturated heterocycles. The summed E-state index contributed by atoms with van der Waals surface area (Å²) in [5.41, 5.74) is 3.00. The molecule has 0 bridgehead atoms. The molecular weight excluding hydrogens is 548 g/mol. The Hall–Kier alpha value is -3.63. The highest BCUT2D eigenvalue weighted by atomic mass is 16.5. The van der Waals surface area contributed by atoms with E-state index in [9.17, 15) is 14.4 Å². The highest BCUT2D eigenvalue weighted by Crippen LogP contribution is 2.29. The van der Waals surface area contributed by atoms with Crippen LogP contribution in [0.5, 0.6) is 5.75 Å². The monoisotopic (exact) mass is 594 g/mol. The highest BCUT2D eigenvalue weighted by Gasteiger charge is 2.37. The van der Waals surface area contributed by atoms with Crippen LogP contribution in [0, 0.1) is 12.8 Å². The largest absolute Gasteiger partial charge is 0.495 e. The molecule has 234 valence electrons. The number of carbonyl (C=O) groups excluding carboxylic acids is 2. The molecule has 2 fully saturated rings. The first-order valence-electron chi connectivity index (χ1n) is 15.4. The summed E-state index contributed by atoms with van der Waals surface area (Å²) < 4.78 is 11.7. The number of para-hydroxylation sites is 1. The van der Waals surface area contributed by atoms with Crippen LogP contribution in [0.25, 0.3) is 0 Å². The molecule has 43 heavy (non-hydrogen) atoms. The number of aryl methyl sites for hydroxylation is 1. The molecule has 0 spiro atoms. The second-order valence-electron chi connectivity index (χ2n) is 11.7. The Labute approximate surface area is 254 Å². The molecular formula is C33H46N4O6. The molecule has 2 aliphatic heterocycles. The molecule has 2 atom stereocenters. The van der Waals surface area contributed by atoms with Crippen molar-refractivity contribution in [1.29, 1.82) is 0 Å². The maximum Gasteiger partial charge on any atom is 0.323 e. The van der Waals surface area contributed by atoms with E-state index >= 15 is 0 Å². The van der Waals surface area contributed by atoms with Crippen molar-refractivity contribution in [3.63, 3.8) is 0 Å². The average molecular weight is 595 g/mol. The summed E-state index contributed by atoms with van der Waals surface area (Å²) >= 11 is 0. The van der Waals surface area contributed by atoms with Crippen molar-refractivity contribution in [1.82, 2.24) is 9.80 Å². The fourth-order valence-corrected chi connectivity index (χ4v) is 6.00. The van der Waals surface area contributed by atoms with Crippen LogP contribution in [0.3, 0.4) is 0 Å². The van der Waals surface area contributed by atoms with Gasteiger partial charge in [-0.15, -0.1) is 0 Å². The Morgan fingerprint density at radius 3 is 2.49 bits per heavy atom. The van der Waals surface area contributed by atoms with Crippen molar-refractivity contribution >= 4 is 29.3 Å². The van der Waals surface area contributed by atoms with Crippen molar-refractivity contribution in [2.75, 3.05) is 50.5 Å². The summed E-state index contributed by atoms with van der Waals surface area (Å²) in [6.45, 7) is 7.79. The number of hydrogen-bond donors (Lipinski definition) is 3. The first-order chi connectivity index (χ1) is 20.7. The fraction of sp³-hybridized carbons (Fsp3) is 0.545. The lowest BCUT2D eigenvalue weighted by atomic mass is 9.93. The van der Waals surface area contributed by atoms with Crippen LogP contribution >= 0.6 is 0 Å². The van der Waals surface area contributed by atoms with Gasteiger partial charge in [0.1, 0.15) is 5.75 Å². The highest BCUT2D eigenvalue weighted by molar-refractivity contribution is 6.01. The Morgan fingerprint density at radius 1 is 1.05 bits per heavy atom. The van der Waals surface area contributed by atoms with Crippen molar-refractivity contribution in [3.05, 3.63) is 53.6 Å². The summed E-state index contributed by atoms with van der Waals surface area (Å²) in [5.74, 6) is 0.00542. The summed E-state index contributed by atoms with van der Waals surface area (Å²) in [7, 11) is 1.54. The van der Waals surface area contributed by atoms with Crippen LogP contribution in [0.15, 0.2) is 42.5 Å². The lowest BCUT2D eigenvalue weighted by Gasteiger charge is -2.35. The van der Waals surface area contributed by atoms with Gasteiger partial charge in [0.05, 0.1) is 25.3 Å². The van der Waals surface area contributed by atoms with Crippen LogP contribution < -0.4 is 15.4 Å². The molecule has 0 radical (unpaired) electrons. The number of hydrogen-bond acceptors (Lipinski definition) is 6. The number of ether oxygens (including phenoxy) is 2. The van der Waals surface area contributed by atoms with Crippen LogP contribution in [0.1, 0.15) is 56.6 Å². The van der Waals surface area contributed by atoms with E-state index in [4.69, 9.17) is 14.6 Å². The number of carboxylic acid groups (broad SMARTS) is 1. The Bertz CT molecular complexity index is 1250. The summed E-state index contributed by atoms with van der Waals surface area (Å²) in [4.78, 5) is 41.8. The number of anilines is 2. The minimum Gasteiger partial charge on any atom is -0.495 e. The van der Waals surface area contributed by atoms with E-state index < -0.39 is 5.97 Å². The smallest absolute Gasteiger partial charge is 0.323 e. The molecule has 10 nitrogen and oxygen atoms in total. The molecule has 0 aliphatic carbocycles. The predicted octanol–water partition coefficient (Wildman–Crippen LogP) is 5.16. The van der Waals surface area contributed by atoms with Crippen LogP contribution in [0.2, 0.25) is 0 Å². The number of benzene rings is 2. The third kappa shape index (κ3) is 9.43. The van der Waals surface area contributed by atoms with Gasteiger partial charge in [0.25, 0.3) is 0 Å². The van der Waals surface area contributed by atoms with Crippen molar-refractivity contribution in [2.45, 2.75) is 70.9 Å². The first-order valence-corrected chi connectivity index (χ1v) is 15.4. The molecule has 3 N–H and O–H groups in total. The Kier molecular flexibility index (Phi) is 11.8. The van der Waals surface area contributed by atoms with Gasteiger partial charge in [-0.2, -0.15) is 0 Å². The number of nitrogens with one attached hydrogen (secondary N) is 2. The number of unbranched alkanes of at least 4 members (excludes halogenated alkanes) is 1. The summed E-state index contributed by atoms with van der Waals surface area (Å²) in [6.07, 6.45) is 5.04. The molecule has 2 aromatic carbocycles. The minimum absolute atomic E-state index is 0.0120. The number of likely N-dealkylation sites (tertiary alicyclic amines) is 2. The lowest BCUT2D eigenvalue weighted by molar-refractivity contribution is -0.138. The van der Waals surface area contributed by atoms with Gasteiger partial charge in [0.2, 0.25) is 5.91 Å². The number of nitrogens with zero attached hydrogens (tertiary/aromatic N) is 2. The van der Waals surface area contributed by atoms with Crippen molar-refractivity contribution in [3.8, 4) is 5.75 Å². The van der Waals surface area contributed by atoms with E-state index in [2.05, 4.69) is 22.5 Å². The molecule has 2 aromatic rings. The van der Waals surface area contributed by atoms with Crippen molar-refractivity contribution in [2.24, 2.45) is 5.92 Å². The molecule has 0 unspecified atom stereocenters. The summed E-state index contributed by atoms with van der Waals surface area (Å²) in [5, 5.41) is 14.8. The van der Waals surface area contributed by atoms with E-state index in [1.165, 1.54) is 0 Å². The molecule has 10 heteroatoms. The third-order valence-corrected chi connectivity index (χ3v) is 8.45. The van der Waals surface area contributed by atoms with E-state index in [1.807, 2.05) is 42.2 Å². The molecule has 3 amide bonds. The third-order valence-electron chi connectivity index (χ3n) is 8.45. The maximum absolute atomic E-state index is 13.7. The van der Waals surface area contributed by atoms with Crippen LogP contribution in [0.4, 0.5) is 16.2 Å². The SMILES string of the molecule is CCCCO[C@H]1C[C@@H](CN2CCC(CC(=O)O)CC2)N(C(=O)Cc2ccc(NC(=O)Nc3ccccc3C)c(OC)c2)C1. The number of urea groups is 1. The van der Waals surface area contributed by atoms with Gasteiger partial charge in [0, 0.05) is 37.8 Å². The molecule has 0 aromatic heterocycles. The Morgan fingerprint density at radius 2 is 1.79 bits per heavy atom. The van der Waals surface area contributed by atoms with Gasteiger partial charge < -0.3 is 35.0 Å². The van der Waals surface area contributed by atoms with Crippen LogP contribution in [-0.2, 0) is 20.7 Å². The van der Waals surface area contributed by atoms with E-state index in [0.29, 0.717) is 24.6 Å². The molecule has 0 saturated carbocycles. The maximum atomic E-state index is 13.7. The number of rotatable bonds is 13. The topological polar surface area (TPSA) is 120 Å². The normalized spacial score (nSPS) is 19.3. The lowest BCUT2D eigenvalue weighted by Crippen LogP contribution is -2.46. The minimum atomic E-state index is -0.732. The van der Waals surface area contributed by atoms with Gasteiger partial charge in [-0.1, -0.05) is 37.6 Å². The molecule has 2 aliphatic rings. The number of aliphatic carboxylic acids is 1. The Balaban J connectivity index is 1.38. The molecule has 2 heterocycles. The zero-order valence-electron chi connectivity index (χ0n) is 25.6. The van der Waals surface area contributed by atoms with E-state index in [1.54, 1.807) is 19.2 Å². The average Bonchev–Trinajstić information content (AvgIpc) is 3.38. The number of carbonyl (C=O) groups is 3. The quantitative estimate of drug-likeness (QED) is 0.274. The van der Waals surface area contributed by atoms with Crippen LogP contribution in [-0.4, -0.2) is 84.9 Å². The van der Waals surface area contributed by atoms with E-state index in [0.717, 1.165) is 68.6 Å².